The predicted octanol–water partition coefficient (Wildman–Crippen LogP) is 4.26. The number of fused-ring (bicyclic) bond motifs is 2. The second-order valence-corrected chi connectivity index (χ2v) is 5.45. The van der Waals surface area contributed by atoms with Gasteiger partial charge < -0.3 is 4.42 Å². The van der Waals surface area contributed by atoms with E-state index in [4.69, 9.17) is 4.42 Å². The van der Waals surface area contributed by atoms with Crippen molar-refractivity contribution in [2.24, 2.45) is 0 Å². The summed E-state index contributed by atoms with van der Waals surface area (Å²) in [6.45, 7) is 0. The lowest BCUT2D eigenvalue weighted by Gasteiger charge is -1.97. The van der Waals surface area contributed by atoms with Crippen LogP contribution in [0.1, 0.15) is 0 Å². The lowest BCUT2D eigenvalue weighted by atomic mass is 10.2. The molecule has 0 unspecified atom stereocenters. The molecule has 0 saturated carbocycles. The molecule has 1 aromatic carbocycles. The number of furan rings is 1. The molecular formula is C13H6BrN3OS. The van der Waals surface area contributed by atoms with Gasteiger partial charge >= 0.3 is 0 Å². The first kappa shape index (κ1) is 11.1. The molecule has 0 spiro atoms. The molecule has 4 aromatic rings. The molecule has 4 rings (SSSR count). The van der Waals surface area contributed by atoms with Crippen molar-refractivity contribution >= 4 is 49.7 Å². The van der Waals surface area contributed by atoms with Gasteiger partial charge in [0, 0.05) is 11.6 Å². The molecule has 3 heterocycles. The zero-order valence-electron chi connectivity index (χ0n) is 9.50. The fraction of sp³-hybridized carbons (Fsp3) is 0. The van der Waals surface area contributed by atoms with Crippen LogP contribution < -0.4 is 0 Å². The molecule has 0 aliphatic rings. The van der Waals surface area contributed by atoms with Crippen molar-refractivity contribution in [1.82, 2.24) is 13.7 Å². The van der Waals surface area contributed by atoms with E-state index in [-0.39, 0.29) is 0 Å². The average Bonchev–Trinajstić information content (AvgIpc) is 3.05. The van der Waals surface area contributed by atoms with Gasteiger partial charge in [-0.1, -0.05) is 18.2 Å². The van der Waals surface area contributed by atoms with Crippen molar-refractivity contribution in [3.63, 3.8) is 0 Å². The fourth-order valence-corrected chi connectivity index (χ4v) is 3.08. The van der Waals surface area contributed by atoms with E-state index in [1.807, 2.05) is 30.3 Å². The maximum atomic E-state index is 5.83. The Morgan fingerprint density at radius 2 is 1.95 bits per heavy atom. The normalized spacial score (nSPS) is 11.4. The number of hydrogen-bond acceptors (Lipinski definition) is 5. The summed E-state index contributed by atoms with van der Waals surface area (Å²) in [7, 11) is 0. The van der Waals surface area contributed by atoms with Crippen molar-refractivity contribution in [2.45, 2.75) is 0 Å². The molecule has 0 N–H and O–H groups in total. The van der Waals surface area contributed by atoms with E-state index in [2.05, 4.69) is 29.7 Å². The first-order chi connectivity index (χ1) is 9.33. The average molecular weight is 332 g/mol. The van der Waals surface area contributed by atoms with Gasteiger partial charge in [-0.05, 0) is 28.1 Å². The SMILES string of the molecule is Brc1cnc(-c2cc3ccccc3o2)c2nsnc12. The van der Waals surface area contributed by atoms with Crippen LogP contribution in [0.4, 0.5) is 0 Å². The van der Waals surface area contributed by atoms with Crippen molar-refractivity contribution in [1.29, 1.82) is 0 Å². The fourth-order valence-electron chi connectivity index (χ4n) is 2.02. The summed E-state index contributed by atoms with van der Waals surface area (Å²) in [4.78, 5) is 4.41. The molecule has 0 amide bonds. The second kappa shape index (κ2) is 4.11. The third-order valence-corrected chi connectivity index (χ3v) is 4.01. The van der Waals surface area contributed by atoms with E-state index in [1.54, 1.807) is 6.20 Å². The number of aromatic nitrogens is 3. The van der Waals surface area contributed by atoms with Crippen LogP contribution in [0, 0.1) is 0 Å². The van der Waals surface area contributed by atoms with Crippen molar-refractivity contribution < 1.29 is 4.42 Å². The van der Waals surface area contributed by atoms with Gasteiger partial charge in [0.25, 0.3) is 0 Å². The van der Waals surface area contributed by atoms with Crippen molar-refractivity contribution in [2.75, 3.05) is 0 Å². The summed E-state index contributed by atoms with van der Waals surface area (Å²) < 4.78 is 15.2. The van der Waals surface area contributed by atoms with Gasteiger partial charge in [0.05, 0.1) is 16.2 Å². The smallest absolute Gasteiger partial charge is 0.156 e. The predicted molar refractivity (Wildman–Crippen MR) is 78.1 cm³/mol. The van der Waals surface area contributed by atoms with Gasteiger partial charge in [0.15, 0.2) is 5.76 Å². The quantitative estimate of drug-likeness (QED) is 0.522. The summed E-state index contributed by atoms with van der Waals surface area (Å²) in [5, 5.41) is 1.05. The topological polar surface area (TPSA) is 51.8 Å². The Balaban J connectivity index is 2.03. The van der Waals surface area contributed by atoms with Gasteiger partial charge in [0.1, 0.15) is 22.3 Å². The lowest BCUT2D eigenvalue weighted by Crippen LogP contribution is -1.84. The molecule has 3 aromatic heterocycles. The first-order valence-electron chi connectivity index (χ1n) is 5.58. The highest BCUT2D eigenvalue weighted by atomic mass is 79.9. The minimum atomic E-state index is 0.714. The molecule has 0 bridgehead atoms. The lowest BCUT2D eigenvalue weighted by molar-refractivity contribution is 0.629. The largest absolute Gasteiger partial charge is 0.454 e. The number of halogens is 1. The minimum Gasteiger partial charge on any atom is -0.454 e. The molecule has 0 radical (unpaired) electrons. The summed E-state index contributed by atoms with van der Waals surface area (Å²) in [6, 6.07) is 9.86. The van der Waals surface area contributed by atoms with Crippen LogP contribution in [0.3, 0.4) is 0 Å². The molecule has 92 valence electrons. The Morgan fingerprint density at radius 1 is 1.11 bits per heavy atom. The standard InChI is InChI=1S/C13H6BrN3OS/c14-8-6-15-12(13-11(8)16-19-17-13)10-5-7-3-1-2-4-9(7)18-10/h1-6H. The van der Waals surface area contributed by atoms with Gasteiger partial charge in [-0.25, -0.2) is 4.98 Å². The van der Waals surface area contributed by atoms with Crippen LogP contribution in [-0.2, 0) is 0 Å². The van der Waals surface area contributed by atoms with Crippen LogP contribution in [0.25, 0.3) is 33.5 Å². The van der Waals surface area contributed by atoms with E-state index in [0.29, 0.717) is 5.76 Å². The molecule has 0 aliphatic heterocycles. The molecule has 19 heavy (non-hydrogen) atoms. The highest BCUT2D eigenvalue weighted by molar-refractivity contribution is 9.10. The van der Waals surface area contributed by atoms with Crippen LogP contribution in [0.15, 0.2) is 45.4 Å². The highest BCUT2D eigenvalue weighted by Crippen LogP contribution is 2.32. The van der Waals surface area contributed by atoms with Gasteiger partial charge in [-0.2, -0.15) is 8.75 Å². The minimum absolute atomic E-state index is 0.714. The molecule has 0 aliphatic carbocycles. The monoisotopic (exact) mass is 331 g/mol. The Labute approximate surface area is 120 Å². The second-order valence-electron chi connectivity index (χ2n) is 4.06. The third-order valence-electron chi connectivity index (χ3n) is 2.90. The molecule has 4 nitrogen and oxygen atoms in total. The van der Waals surface area contributed by atoms with E-state index >= 15 is 0 Å². The zero-order chi connectivity index (χ0) is 12.8. The summed E-state index contributed by atoms with van der Waals surface area (Å²) >= 11 is 4.60. The van der Waals surface area contributed by atoms with Gasteiger partial charge in [0.2, 0.25) is 0 Å². The number of benzene rings is 1. The summed E-state index contributed by atoms with van der Waals surface area (Å²) in [6.07, 6.45) is 1.73. The maximum Gasteiger partial charge on any atom is 0.156 e. The Morgan fingerprint density at radius 3 is 2.84 bits per heavy atom. The molecule has 0 fully saturated rings. The highest BCUT2D eigenvalue weighted by Gasteiger charge is 2.15. The maximum absolute atomic E-state index is 5.83. The van der Waals surface area contributed by atoms with E-state index < -0.39 is 0 Å². The van der Waals surface area contributed by atoms with Crippen LogP contribution in [-0.4, -0.2) is 13.7 Å². The summed E-state index contributed by atoms with van der Waals surface area (Å²) in [5.74, 6) is 0.714. The van der Waals surface area contributed by atoms with Gasteiger partial charge in [-0.3, -0.25) is 0 Å². The summed E-state index contributed by atoms with van der Waals surface area (Å²) in [5.41, 5.74) is 3.15. The van der Waals surface area contributed by atoms with Crippen LogP contribution in [0.5, 0.6) is 0 Å². The van der Waals surface area contributed by atoms with Gasteiger partial charge in [-0.15, -0.1) is 0 Å². The van der Waals surface area contributed by atoms with Crippen molar-refractivity contribution in [3.05, 3.63) is 41.0 Å². The Bertz CT molecular complexity index is 866. The first-order valence-corrected chi connectivity index (χ1v) is 7.11. The van der Waals surface area contributed by atoms with E-state index in [0.717, 1.165) is 32.2 Å². The van der Waals surface area contributed by atoms with E-state index in [1.165, 1.54) is 11.7 Å². The molecular weight excluding hydrogens is 326 g/mol. The molecule has 0 atom stereocenters. The zero-order valence-corrected chi connectivity index (χ0v) is 11.9. The van der Waals surface area contributed by atoms with Crippen LogP contribution in [0.2, 0.25) is 0 Å². The third kappa shape index (κ3) is 1.67. The number of rotatable bonds is 1. The Kier molecular flexibility index (Phi) is 2.39. The number of nitrogens with zero attached hydrogens (tertiary/aromatic N) is 3. The molecule has 6 heteroatoms. The van der Waals surface area contributed by atoms with Crippen LogP contribution >= 0.6 is 27.7 Å². The van der Waals surface area contributed by atoms with E-state index in [9.17, 15) is 0 Å². The number of pyridine rings is 1. The van der Waals surface area contributed by atoms with Crippen molar-refractivity contribution in [3.8, 4) is 11.5 Å². The number of para-hydroxylation sites is 1. The Hall–Kier alpha value is -1.79. The number of hydrogen-bond donors (Lipinski definition) is 0. The molecule has 0 saturated heterocycles.